The minimum atomic E-state index is 0.700. The van der Waals surface area contributed by atoms with E-state index in [0.29, 0.717) is 6.04 Å². The molecule has 0 amide bonds. The summed E-state index contributed by atoms with van der Waals surface area (Å²) < 4.78 is 0. The van der Waals surface area contributed by atoms with Crippen LogP contribution in [0.4, 0.5) is 0 Å². The summed E-state index contributed by atoms with van der Waals surface area (Å²) in [4.78, 5) is 4.04. The van der Waals surface area contributed by atoms with Gasteiger partial charge in [0.2, 0.25) is 0 Å². The normalized spacial score (nSPS) is 14.7. The van der Waals surface area contributed by atoms with Crippen LogP contribution in [0.5, 0.6) is 0 Å². The van der Waals surface area contributed by atoms with Gasteiger partial charge in [-0.05, 0) is 53.8 Å². The number of nitrogens with zero attached hydrogens (tertiary/aromatic N) is 1. The van der Waals surface area contributed by atoms with Gasteiger partial charge >= 0.3 is 0 Å². The smallest absolute Gasteiger partial charge is 0.0451 e. The maximum atomic E-state index is 6.24. The van der Waals surface area contributed by atoms with Crippen molar-refractivity contribution in [2.45, 2.75) is 25.4 Å². The first kappa shape index (κ1) is 11.7. The van der Waals surface area contributed by atoms with Crippen LogP contribution in [-0.2, 0) is 6.54 Å². The maximum Gasteiger partial charge on any atom is 0.0451 e. The molecule has 0 unspecified atom stereocenters. The fraction of sp³-hybridized carbons (Fsp3) is 0.267. The Bertz CT molecular complexity index is 535. The van der Waals surface area contributed by atoms with Gasteiger partial charge in [0.15, 0.2) is 0 Å². The van der Waals surface area contributed by atoms with Crippen LogP contribution in [0, 0.1) is 0 Å². The molecule has 1 fully saturated rings. The van der Waals surface area contributed by atoms with Crippen molar-refractivity contribution in [2.24, 2.45) is 0 Å². The SMILES string of the molecule is Clc1ccc(-c2ccncc2)cc1CNC1CC1. The number of rotatable bonds is 4. The van der Waals surface area contributed by atoms with Crippen molar-refractivity contribution in [2.75, 3.05) is 0 Å². The molecule has 92 valence electrons. The molecule has 1 aromatic carbocycles. The monoisotopic (exact) mass is 258 g/mol. The molecule has 1 aliphatic rings. The summed E-state index contributed by atoms with van der Waals surface area (Å²) in [6.45, 7) is 0.850. The number of hydrogen-bond donors (Lipinski definition) is 1. The molecule has 3 rings (SSSR count). The molecule has 1 heterocycles. The van der Waals surface area contributed by atoms with Crippen LogP contribution in [0.2, 0.25) is 5.02 Å². The van der Waals surface area contributed by atoms with E-state index in [1.54, 1.807) is 0 Å². The van der Waals surface area contributed by atoms with Gasteiger partial charge in [0, 0.05) is 30.0 Å². The fourth-order valence-corrected chi connectivity index (χ4v) is 2.16. The molecule has 18 heavy (non-hydrogen) atoms. The van der Waals surface area contributed by atoms with Crippen LogP contribution in [0.15, 0.2) is 42.7 Å². The third-order valence-electron chi connectivity index (χ3n) is 3.22. The van der Waals surface area contributed by atoms with Crippen LogP contribution in [-0.4, -0.2) is 11.0 Å². The first-order chi connectivity index (χ1) is 8.83. The molecule has 0 bridgehead atoms. The summed E-state index contributed by atoms with van der Waals surface area (Å²) in [6.07, 6.45) is 6.21. The van der Waals surface area contributed by atoms with E-state index in [4.69, 9.17) is 11.6 Å². The van der Waals surface area contributed by atoms with Crippen LogP contribution >= 0.6 is 11.6 Å². The minimum absolute atomic E-state index is 0.700. The molecule has 0 saturated heterocycles. The average Bonchev–Trinajstić information content (AvgIpc) is 3.23. The van der Waals surface area contributed by atoms with Crippen molar-refractivity contribution in [1.29, 1.82) is 0 Å². The lowest BCUT2D eigenvalue weighted by Crippen LogP contribution is -2.15. The number of benzene rings is 1. The molecule has 2 nitrogen and oxygen atoms in total. The van der Waals surface area contributed by atoms with Crippen molar-refractivity contribution >= 4 is 11.6 Å². The second-order valence-electron chi connectivity index (χ2n) is 4.70. The minimum Gasteiger partial charge on any atom is -0.310 e. The largest absolute Gasteiger partial charge is 0.310 e. The topological polar surface area (TPSA) is 24.9 Å². The highest BCUT2D eigenvalue weighted by molar-refractivity contribution is 6.31. The summed E-state index contributed by atoms with van der Waals surface area (Å²) in [7, 11) is 0. The van der Waals surface area contributed by atoms with Gasteiger partial charge in [0.25, 0.3) is 0 Å². The van der Waals surface area contributed by atoms with E-state index in [0.717, 1.165) is 17.1 Å². The third-order valence-corrected chi connectivity index (χ3v) is 3.59. The van der Waals surface area contributed by atoms with Crippen molar-refractivity contribution in [3.63, 3.8) is 0 Å². The third kappa shape index (κ3) is 2.71. The molecule has 2 aromatic rings. The molecule has 0 radical (unpaired) electrons. The zero-order chi connectivity index (χ0) is 12.4. The molecule has 1 aliphatic carbocycles. The van der Waals surface area contributed by atoms with Gasteiger partial charge in [-0.1, -0.05) is 17.7 Å². The van der Waals surface area contributed by atoms with E-state index in [-0.39, 0.29) is 0 Å². The van der Waals surface area contributed by atoms with E-state index in [1.807, 2.05) is 30.6 Å². The van der Waals surface area contributed by atoms with E-state index < -0.39 is 0 Å². The summed E-state index contributed by atoms with van der Waals surface area (Å²) in [5.41, 5.74) is 3.53. The van der Waals surface area contributed by atoms with Crippen LogP contribution in [0.1, 0.15) is 18.4 Å². The summed E-state index contributed by atoms with van der Waals surface area (Å²) in [5.74, 6) is 0. The van der Waals surface area contributed by atoms with Gasteiger partial charge in [-0.3, -0.25) is 4.98 Å². The summed E-state index contributed by atoms with van der Waals surface area (Å²) in [6, 6.07) is 10.9. The van der Waals surface area contributed by atoms with Crippen LogP contribution in [0.25, 0.3) is 11.1 Å². The van der Waals surface area contributed by atoms with Gasteiger partial charge in [-0.15, -0.1) is 0 Å². The lowest BCUT2D eigenvalue weighted by atomic mass is 10.0. The molecule has 0 spiro atoms. The Morgan fingerprint density at radius 1 is 1.11 bits per heavy atom. The molecule has 1 saturated carbocycles. The van der Waals surface area contributed by atoms with E-state index in [1.165, 1.54) is 24.0 Å². The predicted molar refractivity (Wildman–Crippen MR) is 74.5 cm³/mol. The number of halogens is 1. The Kier molecular flexibility index (Phi) is 3.31. The number of aromatic nitrogens is 1. The van der Waals surface area contributed by atoms with Crippen LogP contribution < -0.4 is 5.32 Å². The first-order valence-electron chi connectivity index (χ1n) is 6.25. The lowest BCUT2D eigenvalue weighted by molar-refractivity contribution is 0.688. The second kappa shape index (κ2) is 5.09. The molecule has 1 aromatic heterocycles. The van der Waals surface area contributed by atoms with Crippen molar-refractivity contribution in [3.8, 4) is 11.1 Å². The van der Waals surface area contributed by atoms with Gasteiger partial charge in [-0.2, -0.15) is 0 Å². The number of pyridine rings is 1. The van der Waals surface area contributed by atoms with Gasteiger partial charge in [0.1, 0.15) is 0 Å². The Labute approximate surface area is 112 Å². The second-order valence-corrected chi connectivity index (χ2v) is 5.10. The summed E-state index contributed by atoms with van der Waals surface area (Å²) in [5, 5.41) is 4.33. The fourth-order valence-electron chi connectivity index (χ4n) is 1.98. The van der Waals surface area contributed by atoms with E-state index in [2.05, 4.69) is 22.4 Å². The standard InChI is InChI=1S/C15H15ClN2/c16-15-4-1-12(11-5-7-17-8-6-11)9-13(15)10-18-14-2-3-14/h1,4-9,14,18H,2-3,10H2. The Hall–Kier alpha value is -1.38. The highest BCUT2D eigenvalue weighted by atomic mass is 35.5. The molecule has 3 heteroatoms. The predicted octanol–water partition coefficient (Wildman–Crippen LogP) is 3.65. The number of nitrogens with one attached hydrogen (secondary N) is 1. The average molecular weight is 259 g/mol. The number of hydrogen-bond acceptors (Lipinski definition) is 2. The zero-order valence-electron chi connectivity index (χ0n) is 10.1. The molecule has 0 aliphatic heterocycles. The molecule has 0 atom stereocenters. The highest BCUT2D eigenvalue weighted by Gasteiger charge is 2.20. The van der Waals surface area contributed by atoms with Gasteiger partial charge < -0.3 is 5.32 Å². The Balaban J connectivity index is 1.84. The van der Waals surface area contributed by atoms with Gasteiger partial charge in [0.05, 0.1) is 0 Å². The lowest BCUT2D eigenvalue weighted by Gasteiger charge is -2.08. The van der Waals surface area contributed by atoms with E-state index >= 15 is 0 Å². The Morgan fingerprint density at radius 3 is 2.61 bits per heavy atom. The molecular weight excluding hydrogens is 244 g/mol. The maximum absolute atomic E-state index is 6.24. The Morgan fingerprint density at radius 2 is 1.89 bits per heavy atom. The van der Waals surface area contributed by atoms with E-state index in [9.17, 15) is 0 Å². The zero-order valence-corrected chi connectivity index (χ0v) is 10.8. The van der Waals surface area contributed by atoms with Crippen molar-refractivity contribution in [3.05, 3.63) is 53.3 Å². The molecule has 1 N–H and O–H groups in total. The van der Waals surface area contributed by atoms with Crippen molar-refractivity contribution in [1.82, 2.24) is 10.3 Å². The van der Waals surface area contributed by atoms with Gasteiger partial charge in [-0.25, -0.2) is 0 Å². The highest BCUT2D eigenvalue weighted by Crippen LogP contribution is 2.26. The summed E-state index contributed by atoms with van der Waals surface area (Å²) >= 11 is 6.24. The quantitative estimate of drug-likeness (QED) is 0.905. The first-order valence-corrected chi connectivity index (χ1v) is 6.63. The molecular formula is C15H15ClN2. The van der Waals surface area contributed by atoms with Crippen molar-refractivity contribution < 1.29 is 0 Å². The van der Waals surface area contributed by atoms with Crippen LogP contribution in [0.3, 0.4) is 0 Å².